The molecule has 0 bridgehead atoms. The normalized spacial score (nSPS) is 23.9. The van der Waals surface area contributed by atoms with Crippen molar-refractivity contribution in [3.63, 3.8) is 0 Å². The van der Waals surface area contributed by atoms with Gasteiger partial charge < -0.3 is 0 Å². The van der Waals surface area contributed by atoms with Crippen LogP contribution in [-0.2, 0) is 0 Å². The zero-order chi connectivity index (χ0) is 10.9. The molecule has 0 heteroatoms. The van der Waals surface area contributed by atoms with Gasteiger partial charge in [0.2, 0.25) is 0 Å². The molecule has 0 spiro atoms. The Labute approximate surface area is 96.2 Å². The lowest BCUT2D eigenvalue weighted by atomic mass is 9.98. The third-order valence-corrected chi connectivity index (χ3v) is 3.80. The van der Waals surface area contributed by atoms with E-state index in [9.17, 15) is 0 Å². The maximum Gasteiger partial charge on any atom is -0.0292 e. The second-order valence-corrected chi connectivity index (χ2v) is 5.11. The minimum Gasteiger partial charge on any atom is -0.0884 e. The molecule has 1 rings (SSSR count). The zero-order valence-corrected chi connectivity index (χ0v) is 10.7. The average Bonchev–Trinajstić information content (AvgIpc) is 2.71. The minimum absolute atomic E-state index is 1.03. The van der Waals surface area contributed by atoms with Gasteiger partial charge in [-0.05, 0) is 32.1 Å². The van der Waals surface area contributed by atoms with Crippen molar-refractivity contribution >= 4 is 0 Å². The van der Waals surface area contributed by atoms with E-state index in [2.05, 4.69) is 19.9 Å². The Kier molecular flexibility index (Phi) is 6.80. The summed E-state index contributed by atoms with van der Waals surface area (Å²) in [5, 5.41) is 0. The van der Waals surface area contributed by atoms with Gasteiger partial charge >= 0.3 is 0 Å². The molecular formula is C15H28. The van der Waals surface area contributed by atoms with Crippen molar-refractivity contribution in [3.05, 3.63) is 11.6 Å². The highest BCUT2D eigenvalue weighted by Gasteiger charge is 2.17. The van der Waals surface area contributed by atoms with Crippen LogP contribution in [0.4, 0.5) is 0 Å². The number of rotatable bonds is 7. The van der Waals surface area contributed by atoms with Crippen LogP contribution in [0.15, 0.2) is 11.6 Å². The molecule has 1 fully saturated rings. The first-order chi connectivity index (χ1) is 7.36. The van der Waals surface area contributed by atoms with Crippen molar-refractivity contribution in [2.75, 3.05) is 0 Å². The van der Waals surface area contributed by atoms with Crippen molar-refractivity contribution in [2.45, 2.75) is 78.1 Å². The highest BCUT2D eigenvalue weighted by molar-refractivity contribution is 5.06. The van der Waals surface area contributed by atoms with Gasteiger partial charge in [-0.3, -0.25) is 0 Å². The molecule has 1 atom stereocenters. The standard InChI is InChI=1S/C15H28/c1-3-5-6-7-8-9-10-15-12-11-14(4-2)13-15/h4,15H,3,5-13H2,1-2H3/b14-4+. The Morgan fingerprint density at radius 2 is 1.87 bits per heavy atom. The monoisotopic (exact) mass is 208 g/mol. The van der Waals surface area contributed by atoms with Crippen molar-refractivity contribution in [1.29, 1.82) is 0 Å². The van der Waals surface area contributed by atoms with Gasteiger partial charge in [-0.1, -0.05) is 63.5 Å². The second kappa shape index (κ2) is 7.96. The van der Waals surface area contributed by atoms with E-state index >= 15 is 0 Å². The number of hydrogen-bond donors (Lipinski definition) is 0. The maximum atomic E-state index is 2.33. The Balaban J connectivity index is 1.92. The summed E-state index contributed by atoms with van der Waals surface area (Å²) >= 11 is 0. The third kappa shape index (κ3) is 5.39. The summed E-state index contributed by atoms with van der Waals surface area (Å²) in [6, 6.07) is 0. The van der Waals surface area contributed by atoms with E-state index in [1.807, 2.05) is 0 Å². The van der Waals surface area contributed by atoms with E-state index in [4.69, 9.17) is 0 Å². The SMILES string of the molecule is C/C=C1\CCC(CCCCCCCC)C1. The molecule has 0 aromatic carbocycles. The molecule has 0 radical (unpaired) electrons. The van der Waals surface area contributed by atoms with Gasteiger partial charge in [-0.15, -0.1) is 0 Å². The van der Waals surface area contributed by atoms with Crippen molar-refractivity contribution in [3.8, 4) is 0 Å². The van der Waals surface area contributed by atoms with E-state index < -0.39 is 0 Å². The smallest absolute Gasteiger partial charge is 0.0292 e. The average molecular weight is 208 g/mol. The summed E-state index contributed by atoms with van der Waals surface area (Å²) < 4.78 is 0. The maximum absolute atomic E-state index is 2.33. The van der Waals surface area contributed by atoms with Crippen molar-refractivity contribution < 1.29 is 0 Å². The van der Waals surface area contributed by atoms with E-state index in [0.717, 1.165) is 5.92 Å². The summed E-state index contributed by atoms with van der Waals surface area (Å²) in [5.74, 6) is 1.03. The Bertz CT molecular complexity index is 178. The molecule has 0 aliphatic heterocycles. The fraction of sp³-hybridized carbons (Fsp3) is 0.867. The first-order valence-electron chi connectivity index (χ1n) is 7.00. The van der Waals surface area contributed by atoms with E-state index in [0.29, 0.717) is 0 Å². The molecular weight excluding hydrogens is 180 g/mol. The molecule has 15 heavy (non-hydrogen) atoms. The molecule has 1 aliphatic rings. The Hall–Kier alpha value is -0.260. The van der Waals surface area contributed by atoms with Gasteiger partial charge in [0.25, 0.3) is 0 Å². The molecule has 1 unspecified atom stereocenters. The molecule has 1 aliphatic carbocycles. The van der Waals surface area contributed by atoms with Crippen LogP contribution in [0.3, 0.4) is 0 Å². The predicted molar refractivity (Wildman–Crippen MR) is 69.1 cm³/mol. The van der Waals surface area contributed by atoms with Crippen molar-refractivity contribution in [1.82, 2.24) is 0 Å². The fourth-order valence-electron chi connectivity index (χ4n) is 2.69. The third-order valence-electron chi connectivity index (χ3n) is 3.80. The van der Waals surface area contributed by atoms with Gasteiger partial charge in [0.1, 0.15) is 0 Å². The number of hydrogen-bond acceptors (Lipinski definition) is 0. The van der Waals surface area contributed by atoms with E-state index in [1.54, 1.807) is 5.57 Å². The molecule has 1 saturated carbocycles. The van der Waals surface area contributed by atoms with Gasteiger partial charge in [0.15, 0.2) is 0 Å². The molecule has 0 amide bonds. The summed E-state index contributed by atoms with van der Waals surface area (Å²) in [5.41, 5.74) is 1.71. The molecule has 88 valence electrons. The highest BCUT2D eigenvalue weighted by atomic mass is 14.2. The molecule has 0 heterocycles. The molecule has 0 saturated heterocycles. The van der Waals surface area contributed by atoms with Crippen molar-refractivity contribution in [2.24, 2.45) is 5.92 Å². The first kappa shape index (κ1) is 12.8. The van der Waals surface area contributed by atoms with Crippen LogP contribution in [0.5, 0.6) is 0 Å². The van der Waals surface area contributed by atoms with Crippen LogP contribution in [0.1, 0.15) is 78.1 Å². The van der Waals surface area contributed by atoms with Crippen LogP contribution in [-0.4, -0.2) is 0 Å². The minimum atomic E-state index is 1.03. The highest BCUT2D eigenvalue weighted by Crippen LogP contribution is 2.33. The Morgan fingerprint density at radius 3 is 2.53 bits per heavy atom. The van der Waals surface area contributed by atoms with Crippen LogP contribution in [0.2, 0.25) is 0 Å². The largest absolute Gasteiger partial charge is 0.0884 e. The molecule has 0 aromatic heterocycles. The van der Waals surface area contributed by atoms with Gasteiger partial charge in [0, 0.05) is 0 Å². The molecule has 0 nitrogen and oxygen atoms in total. The van der Waals surface area contributed by atoms with Crippen LogP contribution in [0.25, 0.3) is 0 Å². The summed E-state index contributed by atoms with van der Waals surface area (Å²) in [6.45, 7) is 4.49. The predicted octanol–water partition coefficient (Wildman–Crippen LogP) is 5.48. The topological polar surface area (TPSA) is 0 Å². The van der Waals surface area contributed by atoms with Gasteiger partial charge in [-0.25, -0.2) is 0 Å². The summed E-state index contributed by atoms with van der Waals surface area (Å²) in [6.07, 6.45) is 16.8. The van der Waals surface area contributed by atoms with Crippen LogP contribution < -0.4 is 0 Å². The Morgan fingerprint density at radius 1 is 1.13 bits per heavy atom. The van der Waals surface area contributed by atoms with E-state index in [1.165, 1.54) is 64.2 Å². The van der Waals surface area contributed by atoms with Gasteiger partial charge in [0.05, 0.1) is 0 Å². The summed E-state index contributed by atoms with van der Waals surface area (Å²) in [4.78, 5) is 0. The lowest BCUT2D eigenvalue weighted by molar-refractivity contribution is 0.467. The number of allylic oxidation sites excluding steroid dienone is 2. The first-order valence-corrected chi connectivity index (χ1v) is 7.00. The molecule has 0 N–H and O–H groups in total. The second-order valence-electron chi connectivity index (χ2n) is 5.11. The summed E-state index contributed by atoms with van der Waals surface area (Å²) in [7, 11) is 0. The fourth-order valence-corrected chi connectivity index (χ4v) is 2.69. The lowest BCUT2D eigenvalue weighted by Crippen LogP contribution is -1.92. The quantitative estimate of drug-likeness (QED) is 0.384. The van der Waals surface area contributed by atoms with E-state index in [-0.39, 0.29) is 0 Å². The van der Waals surface area contributed by atoms with Crippen LogP contribution >= 0.6 is 0 Å². The van der Waals surface area contributed by atoms with Crippen LogP contribution in [0, 0.1) is 5.92 Å². The lowest BCUT2D eigenvalue weighted by Gasteiger charge is -2.07. The molecule has 0 aromatic rings. The van der Waals surface area contributed by atoms with Gasteiger partial charge in [-0.2, -0.15) is 0 Å². The number of unbranched alkanes of at least 4 members (excludes halogenated alkanes) is 5. The zero-order valence-electron chi connectivity index (χ0n) is 10.7.